The number of fused-ring (bicyclic) bond motifs is 1. The van der Waals surface area contributed by atoms with Crippen molar-refractivity contribution in [3.63, 3.8) is 0 Å². The van der Waals surface area contributed by atoms with Crippen LogP contribution < -0.4 is 20.4 Å². The molecule has 1 aromatic heterocycles. The van der Waals surface area contributed by atoms with Crippen LogP contribution in [0.3, 0.4) is 0 Å². The molecular formula is C26H36N6S. The van der Waals surface area contributed by atoms with Gasteiger partial charge in [0, 0.05) is 38.3 Å². The second kappa shape index (κ2) is 10.7. The zero-order chi connectivity index (χ0) is 22.5. The van der Waals surface area contributed by atoms with Crippen molar-refractivity contribution in [2.75, 3.05) is 34.8 Å². The molecule has 3 aliphatic rings. The quantitative estimate of drug-likeness (QED) is 0.615. The van der Waals surface area contributed by atoms with Crippen molar-refractivity contribution in [1.82, 2.24) is 15.3 Å². The molecule has 0 spiro atoms. The van der Waals surface area contributed by atoms with Crippen LogP contribution >= 0.6 is 12.2 Å². The molecule has 2 aromatic rings. The molecule has 1 aliphatic carbocycles. The fourth-order valence-electron chi connectivity index (χ4n) is 5.36. The summed E-state index contributed by atoms with van der Waals surface area (Å²) in [7, 11) is 0. The molecule has 0 amide bonds. The number of benzene rings is 1. The Hall–Kier alpha value is -2.41. The van der Waals surface area contributed by atoms with E-state index < -0.39 is 0 Å². The summed E-state index contributed by atoms with van der Waals surface area (Å²) in [6.45, 7) is 3.97. The Kier molecular flexibility index (Phi) is 7.24. The van der Waals surface area contributed by atoms with Gasteiger partial charge in [-0.2, -0.15) is 9.97 Å². The van der Waals surface area contributed by atoms with E-state index in [-0.39, 0.29) is 0 Å². The number of rotatable bonds is 4. The molecule has 176 valence electrons. The predicted octanol–water partition coefficient (Wildman–Crippen LogP) is 5.04. The van der Waals surface area contributed by atoms with E-state index in [1.54, 1.807) is 0 Å². The van der Waals surface area contributed by atoms with Crippen LogP contribution in [0.25, 0.3) is 0 Å². The number of anilines is 3. The van der Waals surface area contributed by atoms with E-state index in [1.807, 2.05) is 0 Å². The van der Waals surface area contributed by atoms with E-state index in [0.717, 1.165) is 44.2 Å². The number of thiocarbonyl (C=S) groups is 1. The highest BCUT2D eigenvalue weighted by Gasteiger charge is 2.21. The largest absolute Gasteiger partial charge is 0.360 e. The molecule has 7 heteroatoms. The highest BCUT2D eigenvalue weighted by molar-refractivity contribution is 7.80. The van der Waals surface area contributed by atoms with Gasteiger partial charge in [-0.1, -0.05) is 56.4 Å². The van der Waals surface area contributed by atoms with Crippen molar-refractivity contribution in [3.8, 4) is 0 Å². The second-order valence-electron chi connectivity index (χ2n) is 9.68. The minimum Gasteiger partial charge on any atom is -0.360 e. The van der Waals surface area contributed by atoms with Crippen LogP contribution in [0.1, 0.15) is 68.9 Å². The summed E-state index contributed by atoms with van der Waals surface area (Å²) in [5, 5.41) is 7.47. The van der Waals surface area contributed by atoms with Gasteiger partial charge >= 0.3 is 0 Å². The maximum atomic E-state index is 5.66. The highest BCUT2D eigenvalue weighted by Crippen LogP contribution is 2.28. The lowest BCUT2D eigenvalue weighted by molar-refractivity contribution is 0.414. The first-order valence-corrected chi connectivity index (χ1v) is 13.2. The number of nitrogens with zero attached hydrogens (tertiary/aromatic N) is 4. The minimum absolute atomic E-state index is 0.464. The molecule has 2 aliphatic heterocycles. The molecule has 6 nitrogen and oxygen atoms in total. The maximum Gasteiger partial charge on any atom is 0.232 e. The molecule has 1 saturated carbocycles. The predicted molar refractivity (Wildman–Crippen MR) is 140 cm³/mol. The Morgan fingerprint density at radius 1 is 0.818 bits per heavy atom. The summed E-state index contributed by atoms with van der Waals surface area (Å²) in [6.07, 6.45) is 12.4. The van der Waals surface area contributed by atoms with E-state index in [9.17, 15) is 0 Å². The molecule has 2 fully saturated rings. The van der Waals surface area contributed by atoms with Crippen LogP contribution in [-0.4, -0.2) is 40.8 Å². The zero-order valence-electron chi connectivity index (χ0n) is 19.6. The van der Waals surface area contributed by atoms with Gasteiger partial charge in [-0.15, -0.1) is 0 Å². The van der Waals surface area contributed by atoms with Crippen molar-refractivity contribution in [2.24, 2.45) is 0 Å². The Bertz CT molecular complexity index is 950. The zero-order valence-corrected chi connectivity index (χ0v) is 20.4. The van der Waals surface area contributed by atoms with Gasteiger partial charge in [0.05, 0.1) is 0 Å². The first-order chi connectivity index (χ1) is 16.2. The molecular weight excluding hydrogens is 428 g/mol. The van der Waals surface area contributed by atoms with Gasteiger partial charge in [0.25, 0.3) is 0 Å². The molecule has 0 atom stereocenters. The fraction of sp³-hybridized carbons (Fsp3) is 0.577. The van der Waals surface area contributed by atoms with E-state index in [1.165, 1.54) is 68.9 Å². The third-order valence-electron chi connectivity index (χ3n) is 7.25. The third-order valence-corrected chi connectivity index (χ3v) is 7.47. The summed E-state index contributed by atoms with van der Waals surface area (Å²) >= 11 is 5.66. The SMILES string of the molecule is S=C(Nc1nc(N2CCCCCC2)cc(N2CCc3ccccc3C2)n1)NC1CCCCC1. The Morgan fingerprint density at radius 3 is 2.24 bits per heavy atom. The monoisotopic (exact) mass is 464 g/mol. The van der Waals surface area contributed by atoms with Crippen LogP contribution in [0, 0.1) is 0 Å². The van der Waals surface area contributed by atoms with E-state index in [2.05, 4.69) is 50.8 Å². The lowest BCUT2D eigenvalue weighted by atomic mass is 9.96. The number of hydrogen-bond donors (Lipinski definition) is 2. The summed E-state index contributed by atoms with van der Waals surface area (Å²) in [5.74, 6) is 2.62. The normalized spacial score (nSPS) is 19.5. The standard InChI is InChI=1S/C26H36N6S/c33-26(27-22-12-4-3-5-13-22)30-25-28-23(31-15-8-1-2-9-16-31)18-24(29-25)32-17-14-20-10-6-7-11-21(20)19-32/h6-7,10-11,18,22H,1-5,8-9,12-17,19H2,(H2,27,28,29,30,33). The summed E-state index contributed by atoms with van der Waals surface area (Å²) in [5.41, 5.74) is 2.84. The molecule has 2 N–H and O–H groups in total. The summed E-state index contributed by atoms with van der Waals surface area (Å²) in [4.78, 5) is 14.7. The van der Waals surface area contributed by atoms with E-state index >= 15 is 0 Å². The van der Waals surface area contributed by atoms with E-state index in [4.69, 9.17) is 22.2 Å². The first-order valence-electron chi connectivity index (χ1n) is 12.8. The average Bonchev–Trinajstić information content (AvgIpc) is 3.14. The maximum absolute atomic E-state index is 5.66. The van der Waals surface area contributed by atoms with Crippen LogP contribution in [-0.2, 0) is 13.0 Å². The molecule has 1 aromatic carbocycles. The van der Waals surface area contributed by atoms with Gasteiger partial charge in [0.15, 0.2) is 5.11 Å². The van der Waals surface area contributed by atoms with Crippen LogP contribution in [0.15, 0.2) is 30.3 Å². The molecule has 0 radical (unpaired) electrons. The molecule has 33 heavy (non-hydrogen) atoms. The van der Waals surface area contributed by atoms with Crippen LogP contribution in [0.2, 0.25) is 0 Å². The fourth-order valence-corrected chi connectivity index (χ4v) is 5.62. The molecule has 5 rings (SSSR count). The van der Waals surface area contributed by atoms with Crippen molar-refractivity contribution in [2.45, 2.75) is 76.8 Å². The average molecular weight is 465 g/mol. The van der Waals surface area contributed by atoms with Crippen molar-refractivity contribution in [3.05, 3.63) is 41.5 Å². The van der Waals surface area contributed by atoms with Crippen LogP contribution in [0.5, 0.6) is 0 Å². The molecule has 0 unspecified atom stereocenters. The summed E-state index contributed by atoms with van der Waals surface area (Å²) < 4.78 is 0. The topological polar surface area (TPSA) is 56.3 Å². The number of aromatic nitrogens is 2. The van der Waals surface area contributed by atoms with Gasteiger partial charge in [0.1, 0.15) is 11.6 Å². The Morgan fingerprint density at radius 2 is 1.48 bits per heavy atom. The second-order valence-corrected chi connectivity index (χ2v) is 10.1. The number of nitrogens with one attached hydrogen (secondary N) is 2. The Balaban J connectivity index is 1.37. The molecule has 1 saturated heterocycles. The minimum atomic E-state index is 0.464. The smallest absolute Gasteiger partial charge is 0.232 e. The lowest BCUT2D eigenvalue weighted by Crippen LogP contribution is -2.39. The first kappa shape index (κ1) is 22.4. The number of hydrogen-bond acceptors (Lipinski definition) is 5. The summed E-state index contributed by atoms with van der Waals surface area (Å²) in [6, 6.07) is 11.4. The van der Waals surface area contributed by atoms with Gasteiger partial charge in [0.2, 0.25) is 5.95 Å². The van der Waals surface area contributed by atoms with Gasteiger partial charge in [-0.3, -0.25) is 0 Å². The van der Waals surface area contributed by atoms with E-state index in [0.29, 0.717) is 17.1 Å². The highest BCUT2D eigenvalue weighted by atomic mass is 32.1. The van der Waals surface area contributed by atoms with Crippen molar-refractivity contribution >= 4 is 34.9 Å². The molecule has 0 bridgehead atoms. The lowest BCUT2D eigenvalue weighted by Gasteiger charge is -2.31. The third kappa shape index (κ3) is 5.75. The van der Waals surface area contributed by atoms with Crippen LogP contribution in [0.4, 0.5) is 17.6 Å². The van der Waals surface area contributed by atoms with Gasteiger partial charge in [-0.25, -0.2) is 0 Å². The van der Waals surface area contributed by atoms with Gasteiger partial charge in [-0.05, 0) is 55.4 Å². The Labute approximate surface area is 203 Å². The van der Waals surface area contributed by atoms with Gasteiger partial charge < -0.3 is 20.4 Å². The van der Waals surface area contributed by atoms with Crippen molar-refractivity contribution in [1.29, 1.82) is 0 Å². The molecule has 3 heterocycles. The van der Waals surface area contributed by atoms with Crippen molar-refractivity contribution < 1.29 is 0 Å².